The van der Waals surface area contributed by atoms with Crippen LogP contribution in [0, 0.1) is 0 Å². The molecule has 0 bridgehead atoms. The van der Waals surface area contributed by atoms with Crippen LogP contribution in [-0.2, 0) is 6.54 Å². The second-order valence-corrected chi connectivity index (χ2v) is 8.44. The number of imidazole rings is 1. The number of benzene rings is 2. The first-order valence-corrected chi connectivity index (χ1v) is 10.8. The molecule has 5 rings (SSSR count). The van der Waals surface area contributed by atoms with Crippen molar-refractivity contribution in [2.45, 2.75) is 31.7 Å². The van der Waals surface area contributed by atoms with E-state index in [1.165, 1.54) is 28.6 Å². The molecule has 5 nitrogen and oxygen atoms in total. The summed E-state index contributed by atoms with van der Waals surface area (Å²) in [6.07, 6.45) is 3.33. The Kier molecular flexibility index (Phi) is 4.74. The zero-order valence-corrected chi connectivity index (χ0v) is 16.6. The number of nitrogens with one attached hydrogen (secondary N) is 1. The van der Waals surface area contributed by atoms with Gasteiger partial charge in [0, 0.05) is 17.8 Å². The number of hydrogen-bond acceptors (Lipinski definition) is 4. The predicted octanol–water partition coefficient (Wildman–Crippen LogP) is 4.21. The van der Waals surface area contributed by atoms with Crippen LogP contribution in [0.15, 0.2) is 53.3 Å². The number of para-hydroxylation sites is 2. The smallest absolute Gasteiger partial charge is 0.306 e. The molecule has 1 saturated heterocycles. The molecule has 0 unspecified atom stereocenters. The Hall–Kier alpha value is -2.44. The molecule has 1 aliphatic heterocycles. The van der Waals surface area contributed by atoms with E-state index in [4.69, 9.17) is 4.37 Å². The topological polar surface area (TPSA) is 53.9 Å². The molecule has 0 radical (unpaired) electrons. The van der Waals surface area contributed by atoms with Gasteiger partial charge in [-0.15, -0.1) is 0 Å². The van der Waals surface area contributed by atoms with Gasteiger partial charge in [0.25, 0.3) is 0 Å². The largest absolute Gasteiger partial charge is 0.326 e. The summed E-state index contributed by atoms with van der Waals surface area (Å²) in [4.78, 5) is 17.7. The van der Waals surface area contributed by atoms with Gasteiger partial charge >= 0.3 is 5.69 Å². The molecule has 2 aromatic heterocycles. The summed E-state index contributed by atoms with van der Waals surface area (Å²) < 4.78 is 7.92. The maximum absolute atomic E-state index is 12.2. The van der Waals surface area contributed by atoms with Crippen LogP contribution in [0.5, 0.6) is 0 Å². The Balaban J connectivity index is 1.18. The molecular formula is C22H24N4OS. The number of fused-ring (bicyclic) bond motifs is 2. The van der Waals surface area contributed by atoms with Crippen molar-refractivity contribution in [1.29, 1.82) is 0 Å². The lowest BCUT2D eigenvalue weighted by molar-refractivity contribution is 0.206. The molecule has 1 aliphatic rings. The lowest BCUT2D eigenvalue weighted by atomic mass is 9.91. The first-order chi connectivity index (χ1) is 13.8. The van der Waals surface area contributed by atoms with Gasteiger partial charge in [-0.1, -0.05) is 30.3 Å². The molecule has 0 aliphatic carbocycles. The van der Waals surface area contributed by atoms with Gasteiger partial charge in [-0.3, -0.25) is 4.57 Å². The first-order valence-electron chi connectivity index (χ1n) is 10.0. The highest BCUT2D eigenvalue weighted by atomic mass is 32.1. The van der Waals surface area contributed by atoms with Crippen LogP contribution in [0.2, 0.25) is 0 Å². The Morgan fingerprint density at radius 2 is 1.82 bits per heavy atom. The van der Waals surface area contributed by atoms with E-state index in [0.29, 0.717) is 5.92 Å². The van der Waals surface area contributed by atoms with E-state index in [-0.39, 0.29) is 5.69 Å². The van der Waals surface area contributed by atoms with Crippen molar-refractivity contribution in [2.24, 2.45) is 0 Å². The van der Waals surface area contributed by atoms with E-state index in [9.17, 15) is 4.79 Å². The third kappa shape index (κ3) is 3.27. The average molecular weight is 393 g/mol. The predicted molar refractivity (Wildman–Crippen MR) is 115 cm³/mol. The molecule has 144 valence electrons. The minimum Gasteiger partial charge on any atom is -0.306 e. The fourth-order valence-corrected chi connectivity index (χ4v) is 5.27. The molecule has 0 spiro atoms. The van der Waals surface area contributed by atoms with Crippen molar-refractivity contribution >= 4 is 32.7 Å². The molecule has 0 atom stereocenters. The minimum absolute atomic E-state index is 0.00433. The number of H-pyrrole nitrogens is 1. The van der Waals surface area contributed by atoms with Gasteiger partial charge in [0.1, 0.15) is 0 Å². The van der Waals surface area contributed by atoms with Crippen molar-refractivity contribution in [3.05, 3.63) is 64.7 Å². The van der Waals surface area contributed by atoms with Gasteiger partial charge in [0.15, 0.2) is 0 Å². The lowest BCUT2D eigenvalue weighted by Gasteiger charge is -2.31. The Bertz CT molecular complexity index is 1150. The van der Waals surface area contributed by atoms with E-state index in [2.05, 4.69) is 34.1 Å². The third-order valence-electron chi connectivity index (χ3n) is 5.92. The molecule has 3 heterocycles. The highest BCUT2D eigenvalue weighted by Crippen LogP contribution is 2.34. The standard InChI is InChI=1S/C22H24N4OS/c27-22-23-18-7-2-3-8-19(18)26(22)13-5-12-25-14-10-16(11-15-25)21-17-6-1-4-9-20(17)28-24-21/h1-4,6-9,16H,5,10-15H2,(H,23,27). The number of piperidine rings is 1. The average Bonchev–Trinajstić information content (AvgIpc) is 3.30. The maximum atomic E-state index is 12.2. The minimum atomic E-state index is -0.00433. The highest BCUT2D eigenvalue weighted by Gasteiger charge is 2.23. The summed E-state index contributed by atoms with van der Waals surface area (Å²) in [5, 5.41) is 1.34. The van der Waals surface area contributed by atoms with Gasteiger partial charge in [-0.2, -0.15) is 4.37 Å². The summed E-state index contributed by atoms with van der Waals surface area (Å²) in [5.41, 5.74) is 3.21. The maximum Gasteiger partial charge on any atom is 0.326 e. The van der Waals surface area contributed by atoms with Crippen molar-refractivity contribution in [3.63, 3.8) is 0 Å². The fourth-order valence-electron chi connectivity index (χ4n) is 4.41. The van der Waals surface area contributed by atoms with E-state index < -0.39 is 0 Å². The summed E-state index contributed by atoms with van der Waals surface area (Å²) >= 11 is 1.62. The summed E-state index contributed by atoms with van der Waals surface area (Å²) in [6, 6.07) is 16.5. The van der Waals surface area contributed by atoms with Gasteiger partial charge in [-0.05, 0) is 68.6 Å². The Morgan fingerprint density at radius 3 is 2.71 bits per heavy atom. The van der Waals surface area contributed by atoms with E-state index in [0.717, 1.165) is 43.6 Å². The van der Waals surface area contributed by atoms with Crippen LogP contribution in [0.25, 0.3) is 21.1 Å². The van der Waals surface area contributed by atoms with Gasteiger partial charge in [0.2, 0.25) is 0 Å². The zero-order valence-electron chi connectivity index (χ0n) is 15.8. The highest BCUT2D eigenvalue weighted by molar-refractivity contribution is 7.13. The number of aryl methyl sites for hydroxylation is 1. The number of hydrogen-bond donors (Lipinski definition) is 1. The van der Waals surface area contributed by atoms with Gasteiger partial charge in [-0.25, -0.2) is 4.79 Å². The quantitative estimate of drug-likeness (QED) is 0.554. The molecule has 28 heavy (non-hydrogen) atoms. The lowest BCUT2D eigenvalue weighted by Crippen LogP contribution is -2.34. The van der Waals surface area contributed by atoms with Crippen molar-refractivity contribution < 1.29 is 0 Å². The van der Waals surface area contributed by atoms with Crippen LogP contribution in [0.1, 0.15) is 30.9 Å². The van der Waals surface area contributed by atoms with Crippen LogP contribution < -0.4 is 5.69 Å². The van der Waals surface area contributed by atoms with Crippen LogP contribution in [0.4, 0.5) is 0 Å². The monoisotopic (exact) mass is 392 g/mol. The summed E-state index contributed by atoms with van der Waals surface area (Å²) in [7, 11) is 0. The number of likely N-dealkylation sites (tertiary alicyclic amines) is 1. The normalized spacial score (nSPS) is 16.3. The van der Waals surface area contributed by atoms with Crippen molar-refractivity contribution in [1.82, 2.24) is 18.8 Å². The third-order valence-corrected chi connectivity index (χ3v) is 6.76. The van der Waals surface area contributed by atoms with E-state index in [1.54, 1.807) is 11.5 Å². The van der Waals surface area contributed by atoms with Crippen molar-refractivity contribution in [2.75, 3.05) is 19.6 Å². The van der Waals surface area contributed by atoms with Crippen LogP contribution in [-0.4, -0.2) is 38.5 Å². The second-order valence-electron chi connectivity index (χ2n) is 7.63. The zero-order chi connectivity index (χ0) is 18.9. The molecule has 0 amide bonds. The number of rotatable bonds is 5. The van der Waals surface area contributed by atoms with E-state index >= 15 is 0 Å². The van der Waals surface area contributed by atoms with Crippen LogP contribution in [0.3, 0.4) is 0 Å². The molecule has 1 fully saturated rings. The summed E-state index contributed by atoms with van der Waals surface area (Å²) in [5.74, 6) is 0.573. The van der Waals surface area contributed by atoms with Gasteiger partial charge < -0.3 is 9.88 Å². The van der Waals surface area contributed by atoms with E-state index in [1.807, 2.05) is 28.8 Å². The molecular weight excluding hydrogens is 368 g/mol. The van der Waals surface area contributed by atoms with Crippen LogP contribution >= 0.6 is 11.5 Å². The van der Waals surface area contributed by atoms with Gasteiger partial charge in [0.05, 0.1) is 21.4 Å². The number of aromatic amines is 1. The summed E-state index contributed by atoms with van der Waals surface area (Å²) in [6.45, 7) is 4.02. The van der Waals surface area contributed by atoms with Crippen molar-refractivity contribution in [3.8, 4) is 0 Å². The molecule has 2 aromatic carbocycles. The molecule has 4 aromatic rings. The number of aromatic nitrogens is 3. The second kappa shape index (κ2) is 7.53. The molecule has 1 N–H and O–H groups in total. The first kappa shape index (κ1) is 17.6. The Morgan fingerprint density at radius 1 is 1.04 bits per heavy atom. The Labute approximate surface area is 167 Å². The number of nitrogens with zero attached hydrogens (tertiary/aromatic N) is 3. The fraction of sp³-hybridized carbons (Fsp3) is 0.364. The molecule has 0 saturated carbocycles. The molecule has 6 heteroatoms. The SMILES string of the molecule is O=c1[nH]c2ccccc2n1CCCN1CCC(c2nsc3ccccc23)CC1.